The number of fused-ring (bicyclic) bond motifs is 5. The first-order valence-corrected chi connectivity index (χ1v) is 10.1. The van der Waals surface area contributed by atoms with Crippen molar-refractivity contribution in [2.24, 2.45) is 7.05 Å². The molecule has 0 amide bonds. The quantitative estimate of drug-likeness (QED) is 0.320. The number of ether oxygens (including phenoxy) is 1. The van der Waals surface area contributed by atoms with Crippen LogP contribution < -0.4 is 9.30 Å². The van der Waals surface area contributed by atoms with Gasteiger partial charge >= 0.3 is 0 Å². The third kappa shape index (κ3) is 1.88. The number of nitrogens with zero attached hydrogens (tertiary/aromatic N) is 2. The molecule has 2 heterocycles. The van der Waals surface area contributed by atoms with Crippen molar-refractivity contribution in [1.29, 1.82) is 0 Å². The van der Waals surface area contributed by atoms with Crippen molar-refractivity contribution >= 4 is 10.9 Å². The number of hydrogen-bond acceptors (Lipinski definition) is 2. The third-order valence-corrected chi connectivity index (χ3v) is 6.85. The van der Waals surface area contributed by atoms with Gasteiger partial charge in [0.15, 0.2) is 11.2 Å². The van der Waals surface area contributed by atoms with Crippen molar-refractivity contribution in [3.8, 4) is 33.9 Å². The second-order valence-corrected chi connectivity index (χ2v) is 8.83. The lowest BCUT2D eigenvalue weighted by molar-refractivity contribution is -0.662. The summed E-state index contributed by atoms with van der Waals surface area (Å²) >= 11 is 0. The van der Waals surface area contributed by atoms with E-state index in [0.29, 0.717) is 0 Å². The van der Waals surface area contributed by atoms with Crippen LogP contribution in [0.4, 0.5) is 0 Å². The molecule has 4 aromatic rings. The highest BCUT2D eigenvalue weighted by atomic mass is 16.5. The van der Waals surface area contributed by atoms with E-state index < -0.39 is 0 Å². The minimum absolute atomic E-state index is 0.0442. The van der Waals surface area contributed by atoms with Gasteiger partial charge in [-0.25, -0.2) is 4.57 Å². The van der Waals surface area contributed by atoms with E-state index in [-0.39, 0.29) is 5.41 Å². The Bertz CT molecular complexity index is 1380. The van der Waals surface area contributed by atoms with E-state index in [1.165, 1.54) is 44.6 Å². The molecule has 0 unspecified atom stereocenters. The highest BCUT2D eigenvalue weighted by molar-refractivity contribution is 6.02. The standard InChI is InChI=1S/C26H23N2O/c1-14-21-24-22-18(27-13-28(24)5)11-8-12-19(22)29-25(21)15(2)20-16-9-6-7-10-17(16)26(3,4)23(14)20/h6-13H,1-5H3/q+1. The second-order valence-electron chi connectivity index (χ2n) is 8.83. The lowest BCUT2D eigenvalue weighted by atomic mass is 9.77. The first kappa shape index (κ1) is 16.7. The van der Waals surface area contributed by atoms with E-state index in [0.717, 1.165) is 22.4 Å². The summed E-state index contributed by atoms with van der Waals surface area (Å²) in [5.74, 6) is 1.87. The fraction of sp³-hybridized carbons (Fsp3) is 0.231. The van der Waals surface area contributed by atoms with Crippen molar-refractivity contribution in [1.82, 2.24) is 4.98 Å². The molecule has 3 aromatic carbocycles. The molecule has 0 fully saturated rings. The molecule has 2 aliphatic rings. The molecule has 0 saturated heterocycles. The van der Waals surface area contributed by atoms with Gasteiger partial charge in [-0.15, -0.1) is 0 Å². The average molecular weight is 379 g/mol. The van der Waals surface area contributed by atoms with Crippen molar-refractivity contribution in [2.75, 3.05) is 0 Å². The molecule has 1 aliphatic carbocycles. The molecule has 29 heavy (non-hydrogen) atoms. The molecule has 1 aliphatic heterocycles. The Morgan fingerprint density at radius 2 is 1.72 bits per heavy atom. The van der Waals surface area contributed by atoms with Crippen LogP contribution in [0.2, 0.25) is 0 Å². The third-order valence-electron chi connectivity index (χ3n) is 6.85. The van der Waals surface area contributed by atoms with Gasteiger partial charge in [-0.1, -0.05) is 44.2 Å². The Morgan fingerprint density at radius 1 is 0.931 bits per heavy atom. The van der Waals surface area contributed by atoms with Crippen LogP contribution in [0.25, 0.3) is 33.3 Å². The molecule has 1 aromatic heterocycles. The maximum atomic E-state index is 6.57. The summed E-state index contributed by atoms with van der Waals surface area (Å²) < 4.78 is 8.71. The van der Waals surface area contributed by atoms with Crippen LogP contribution in [0.5, 0.6) is 11.5 Å². The molecule has 0 atom stereocenters. The molecular formula is C26H23N2O+. The average Bonchev–Trinajstić information content (AvgIpc) is 2.96. The van der Waals surface area contributed by atoms with E-state index in [1.54, 1.807) is 0 Å². The summed E-state index contributed by atoms with van der Waals surface area (Å²) in [6.07, 6.45) is 1.92. The molecule has 3 heteroatoms. The molecule has 0 N–H and O–H groups in total. The Hall–Kier alpha value is -3.20. The Labute approximate surface area is 170 Å². The van der Waals surface area contributed by atoms with Gasteiger partial charge in [0, 0.05) is 11.0 Å². The lowest BCUT2D eigenvalue weighted by Crippen LogP contribution is -2.33. The summed E-state index contributed by atoms with van der Waals surface area (Å²) in [4.78, 5) is 4.63. The van der Waals surface area contributed by atoms with Crippen molar-refractivity contribution in [2.45, 2.75) is 33.1 Å². The van der Waals surface area contributed by atoms with E-state index in [4.69, 9.17) is 4.74 Å². The highest BCUT2D eigenvalue weighted by Gasteiger charge is 2.42. The molecule has 0 spiro atoms. The second kappa shape index (κ2) is 5.24. The normalized spacial score (nSPS) is 14.9. The molecule has 3 nitrogen and oxygen atoms in total. The van der Waals surface area contributed by atoms with Gasteiger partial charge in [0.1, 0.15) is 16.9 Å². The molecule has 6 rings (SSSR count). The first-order valence-electron chi connectivity index (χ1n) is 10.1. The Balaban J connectivity index is 1.82. The van der Waals surface area contributed by atoms with E-state index in [1.807, 2.05) is 12.4 Å². The number of benzene rings is 3. The van der Waals surface area contributed by atoms with Gasteiger partial charge in [-0.05, 0) is 58.8 Å². The number of hydrogen-bond donors (Lipinski definition) is 0. The van der Waals surface area contributed by atoms with Crippen LogP contribution in [-0.2, 0) is 12.5 Å². The fourth-order valence-corrected chi connectivity index (χ4v) is 5.63. The number of aromatic nitrogens is 2. The predicted molar refractivity (Wildman–Crippen MR) is 115 cm³/mol. The minimum atomic E-state index is -0.0442. The van der Waals surface area contributed by atoms with Gasteiger partial charge in [0.2, 0.25) is 0 Å². The molecular weight excluding hydrogens is 356 g/mol. The SMILES string of the molecule is Cc1c2c(c(C)c3c1-c1ccccc1C3(C)C)-c1c3c(cccc3nc[n+]1C)O2. The Morgan fingerprint density at radius 3 is 2.55 bits per heavy atom. The largest absolute Gasteiger partial charge is 0.455 e. The number of rotatable bonds is 0. The van der Waals surface area contributed by atoms with Crippen LogP contribution in [0.15, 0.2) is 48.8 Å². The van der Waals surface area contributed by atoms with Gasteiger partial charge in [0.05, 0.1) is 12.6 Å². The van der Waals surface area contributed by atoms with Crippen LogP contribution in [0.1, 0.15) is 36.1 Å². The van der Waals surface area contributed by atoms with Crippen molar-refractivity contribution in [3.05, 3.63) is 71.0 Å². The summed E-state index contributed by atoms with van der Waals surface area (Å²) in [7, 11) is 2.08. The van der Waals surface area contributed by atoms with Gasteiger partial charge < -0.3 is 4.74 Å². The van der Waals surface area contributed by atoms with Crippen LogP contribution in [-0.4, -0.2) is 4.98 Å². The van der Waals surface area contributed by atoms with Crippen molar-refractivity contribution < 1.29 is 9.30 Å². The summed E-state index contributed by atoms with van der Waals surface area (Å²) in [5.41, 5.74) is 11.3. The number of aryl methyl sites for hydroxylation is 1. The summed E-state index contributed by atoms with van der Waals surface area (Å²) in [6, 6.07) is 14.9. The zero-order valence-corrected chi connectivity index (χ0v) is 17.4. The van der Waals surface area contributed by atoms with Gasteiger partial charge in [-0.2, -0.15) is 0 Å². The van der Waals surface area contributed by atoms with Gasteiger partial charge in [0.25, 0.3) is 6.33 Å². The molecule has 0 saturated carbocycles. The van der Waals surface area contributed by atoms with Crippen LogP contribution >= 0.6 is 0 Å². The smallest absolute Gasteiger partial charge is 0.287 e. The van der Waals surface area contributed by atoms with E-state index >= 15 is 0 Å². The van der Waals surface area contributed by atoms with Crippen molar-refractivity contribution in [3.63, 3.8) is 0 Å². The maximum absolute atomic E-state index is 6.57. The molecule has 0 radical (unpaired) electrons. The lowest BCUT2D eigenvalue weighted by Gasteiger charge is -2.29. The van der Waals surface area contributed by atoms with E-state index in [2.05, 4.69) is 80.7 Å². The van der Waals surface area contributed by atoms with Gasteiger partial charge in [-0.3, -0.25) is 0 Å². The minimum Gasteiger partial charge on any atom is -0.455 e. The summed E-state index contributed by atoms with van der Waals surface area (Å²) in [6.45, 7) is 9.16. The fourth-order valence-electron chi connectivity index (χ4n) is 5.63. The zero-order valence-electron chi connectivity index (χ0n) is 17.4. The van der Waals surface area contributed by atoms with Crippen LogP contribution in [0.3, 0.4) is 0 Å². The monoisotopic (exact) mass is 379 g/mol. The molecule has 142 valence electrons. The predicted octanol–water partition coefficient (Wildman–Crippen LogP) is 5.76. The maximum Gasteiger partial charge on any atom is 0.287 e. The summed E-state index contributed by atoms with van der Waals surface area (Å²) in [5, 5.41) is 1.10. The van der Waals surface area contributed by atoms with E-state index in [9.17, 15) is 0 Å². The van der Waals surface area contributed by atoms with Crippen LogP contribution in [0, 0.1) is 13.8 Å². The zero-order chi connectivity index (χ0) is 20.1. The molecule has 0 bridgehead atoms. The topological polar surface area (TPSA) is 26.0 Å². The Kier molecular flexibility index (Phi) is 3.02. The first-order chi connectivity index (χ1) is 13.9. The highest BCUT2D eigenvalue weighted by Crippen LogP contribution is 2.58.